The monoisotopic (exact) mass is 465 g/mol. The topological polar surface area (TPSA) is 71.5 Å². The van der Waals surface area contributed by atoms with Crippen LogP contribution in [0, 0.1) is 6.92 Å². The molecule has 6 heteroatoms. The van der Waals surface area contributed by atoms with Crippen LogP contribution in [0.2, 0.25) is 0 Å². The van der Waals surface area contributed by atoms with E-state index in [9.17, 15) is 9.59 Å². The number of likely N-dealkylation sites (tertiary alicyclic amines) is 1. The highest BCUT2D eigenvalue weighted by atomic mass is 16.5. The Bertz CT molecular complexity index is 1410. The molecule has 1 saturated heterocycles. The number of hydrogen-bond donors (Lipinski definition) is 1. The lowest BCUT2D eigenvalue weighted by Gasteiger charge is -2.19. The van der Waals surface area contributed by atoms with Gasteiger partial charge in [0.1, 0.15) is 5.75 Å². The highest BCUT2D eigenvalue weighted by Crippen LogP contribution is 2.29. The number of para-hydroxylation sites is 2. The van der Waals surface area contributed by atoms with Crippen molar-refractivity contribution in [2.75, 3.05) is 25.5 Å². The van der Waals surface area contributed by atoms with Gasteiger partial charge in [0.2, 0.25) is 0 Å². The molecule has 1 aliphatic heterocycles. The molecular formula is C29H27N3O3. The van der Waals surface area contributed by atoms with E-state index in [0.29, 0.717) is 22.5 Å². The first-order chi connectivity index (χ1) is 17.0. The van der Waals surface area contributed by atoms with E-state index in [1.807, 2.05) is 72.5 Å². The Morgan fingerprint density at radius 2 is 1.66 bits per heavy atom. The zero-order valence-corrected chi connectivity index (χ0v) is 19.9. The molecule has 6 nitrogen and oxygen atoms in total. The maximum absolute atomic E-state index is 13.7. The summed E-state index contributed by atoms with van der Waals surface area (Å²) in [6, 6.07) is 22.5. The number of rotatable bonds is 5. The maximum atomic E-state index is 13.7. The number of amides is 2. The molecule has 2 heterocycles. The van der Waals surface area contributed by atoms with Crippen molar-refractivity contribution in [3.05, 3.63) is 89.5 Å². The van der Waals surface area contributed by atoms with Crippen molar-refractivity contribution in [3.63, 3.8) is 0 Å². The Labute approximate surface area is 204 Å². The van der Waals surface area contributed by atoms with Crippen LogP contribution in [-0.4, -0.2) is 41.9 Å². The van der Waals surface area contributed by atoms with Crippen LogP contribution in [0.3, 0.4) is 0 Å². The summed E-state index contributed by atoms with van der Waals surface area (Å²) < 4.78 is 5.27. The molecule has 0 saturated carbocycles. The lowest BCUT2D eigenvalue weighted by atomic mass is 10.0. The Morgan fingerprint density at radius 3 is 2.40 bits per heavy atom. The number of pyridine rings is 1. The van der Waals surface area contributed by atoms with Gasteiger partial charge in [0.05, 0.1) is 35.1 Å². The van der Waals surface area contributed by atoms with Gasteiger partial charge >= 0.3 is 0 Å². The van der Waals surface area contributed by atoms with E-state index in [1.54, 1.807) is 19.2 Å². The molecule has 0 bridgehead atoms. The number of nitrogens with one attached hydrogen (secondary N) is 1. The summed E-state index contributed by atoms with van der Waals surface area (Å²) in [5, 5.41) is 3.81. The molecule has 1 N–H and O–H groups in total. The fourth-order valence-corrected chi connectivity index (χ4v) is 4.56. The minimum absolute atomic E-state index is 0.0417. The van der Waals surface area contributed by atoms with Crippen molar-refractivity contribution in [1.82, 2.24) is 9.88 Å². The Hall–Kier alpha value is -4.19. The van der Waals surface area contributed by atoms with Crippen molar-refractivity contribution in [1.29, 1.82) is 0 Å². The van der Waals surface area contributed by atoms with Gasteiger partial charge < -0.3 is 15.0 Å². The first-order valence-corrected chi connectivity index (χ1v) is 11.8. The smallest absolute Gasteiger partial charge is 0.256 e. The van der Waals surface area contributed by atoms with Gasteiger partial charge in [-0.3, -0.25) is 9.59 Å². The first kappa shape index (κ1) is 22.6. The molecule has 1 aliphatic rings. The van der Waals surface area contributed by atoms with Gasteiger partial charge in [-0.15, -0.1) is 0 Å². The number of benzene rings is 3. The van der Waals surface area contributed by atoms with Crippen LogP contribution >= 0.6 is 0 Å². The summed E-state index contributed by atoms with van der Waals surface area (Å²) >= 11 is 0. The molecule has 35 heavy (non-hydrogen) atoms. The number of aryl methyl sites for hydroxylation is 1. The van der Waals surface area contributed by atoms with Crippen molar-refractivity contribution < 1.29 is 14.3 Å². The van der Waals surface area contributed by atoms with Gasteiger partial charge in [-0.2, -0.15) is 0 Å². The number of nitrogens with zero attached hydrogens (tertiary/aromatic N) is 2. The van der Waals surface area contributed by atoms with Gasteiger partial charge in [-0.25, -0.2) is 4.98 Å². The highest BCUT2D eigenvalue weighted by Gasteiger charge is 2.24. The van der Waals surface area contributed by atoms with Crippen molar-refractivity contribution in [2.24, 2.45) is 0 Å². The van der Waals surface area contributed by atoms with E-state index in [-0.39, 0.29) is 11.8 Å². The second-order valence-corrected chi connectivity index (χ2v) is 8.75. The number of ether oxygens (including phenoxy) is 1. The third kappa shape index (κ3) is 4.47. The predicted octanol–water partition coefficient (Wildman–Crippen LogP) is 5.71. The summed E-state index contributed by atoms with van der Waals surface area (Å²) in [6.45, 7) is 3.41. The zero-order chi connectivity index (χ0) is 24.4. The average molecular weight is 466 g/mol. The van der Waals surface area contributed by atoms with Crippen LogP contribution in [0.1, 0.15) is 39.1 Å². The van der Waals surface area contributed by atoms with E-state index >= 15 is 0 Å². The Morgan fingerprint density at radius 1 is 0.914 bits per heavy atom. The normalized spacial score (nSPS) is 13.1. The molecule has 0 unspecified atom stereocenters. The van der Waals surface area contributed by atoms with Crippen molar-refractivity contribution >= 4 is 28.4 Å². The summed E-state index contributed by atoms with van der Waals surface area (Å²) in [4.78, 5) is 33.5. The lowest BCUT2D eigenvalue weighted by molar-refractivity contribution is 0.0793. The number of fused-ring (bicyclic) bond motifs is 1. The number of hydrogen-bond acceptors (Lipinski definition) is 4. The van der Waals surface area contributed by atoms with Crippen molar-refractivity contribution in [3.8, 4) is 17.0 Å². The summed E-state index contributed by atoms with van der Waals surface area (Å²) in [5.74, 6) is 0.436. The molecule has 0 aliphatic carbocycles. The Kier molecular flexibility index (Phi) is 6.19. The highest BCUT2D eigenvalue weighted by molar-refractivity contribution is 6.15. The molecule has 1 fully saturated rings. The molecule has 3 aromatic carbocycles. The number of methoxy groups -OCH3 is 1. The average Bonchev–Trinajstić information content (AvgIpc) is 3.44. The van der Waals surface area contributed by atoms with E-state index < -0.39 is 0 Å². The molecule has 1 aromatic heterocycles. The SMILES string of the molecule is COc1ccc(-c2cc(C(=O)Nc3c(C)cccc3C(=O)N3CCCC3)c3ccccc3n2)cc1. The first-order valence-electron chi connectivity index (χ1n) is 11.8. The largest absolute Gasteiger partial charge is 0.497 e. The van der Waals surface area contributed by atoms with E-state index in [4.69, 9.17) is 9.72 Å². The second-order valence-electron chi connectivity index (χ2n) is 8.75. The second kappa shape index (κ2) is 9.58. The predicted molar refractivity (Wildman–Crippen MR) is 138 cm³/mol. The third-order valence-electron chi connectivity index (χ3n) is 6.48. The fraction of sp³-hybridized carbons (Fsp3) is 0.207. The van der Waals surface area contributed by atoms with Gasteiger partial charge in [0, 0.05) is 24.0 Å². The third-order valence-corrected chi connectivity index (χ3v) is 6.48. The molecule has 176 valence electrons. The van der Waals surface area contributed by atoms with Crippen molar-refractivity contribution in [2.45, 2.75) is 19.8 Å². The van der Waals surface area contributed by atoms with Gasteiger partial charge in [0.15, 0.2) is 0 Å². The number of carbonyl (C=O) groups excluding carboxylic acids is 2. The standard InChI is InChI=1S/C29H27N3O3/c1-19-8-7-10-23(29(34)32-16-5-6-17-32)27(19)31-28(33)24-18-26(20-12-14-21(35-2)15-13-20)30-25-11-4-3-9-22(24)25/h3-4,7-15,18H,5-6,16-17H2,1-2H3,(H,31,33). The fourth-order valence-electron chi connectivity index (χ4n) is 4.56. The summed E-state index contributed by atoms with van der Waals surface area (Å²) in [7, 11) is 1.63. The number of aromatic nitrogens is 1. The number of carbonyl (C=O) groups is 2. The molecule has 2 amide bonds. The van der Waals surface area contributed by atoms with E-state index in [1.165, 1.54) is 0 Å². The van der Waals surface area contributed by atoms with Crippen LogP contribution in [0.4, 0.5) is 5.69 Å². The molecule has 5 rings (SSSR count). The minimum atomic E-state index is -0.275. The quantitative estimate of drug-likeness (QED) is 0.410. The molecule has 4 aromatic rings. The molecular weight excluding hydrogens is 438 g/mol. The summed E-state index contributed by atoms with van der Waals surface area (Å²) in [6.07, 6.45) is 2.02. The number of anilines is 1. The van der Waals surface area contributed by atoms with Gasteiger partial charge in [-0.05, 0) is 67.8 Å². The van der Waals surface area contributed by atoms with E-state index in [0.717, 1.165) is 53.7 Å². The van der Waals surface area contributed by atoms with Crippen LogP contribution in [-0.2, 0) is 0 Å². The zero-order valence-electron chi connectivity index (χ0n) is 19.9. The molecule has 0 atom stereocenters. The van der Waals surface area contributed by atoms with Crippen LogP contribution in [0.15, 0.2) is 72.8 Å². The van der Waals surface area contributed by atoms with Gasteiger partial charge in [-0.1, -0.05) is 30.3 Å². The Balaban J connectivity index is 1.55. The maximum Gasteiger partial charge on any atom is 0.256 e. The van der Waals surface area contributed by atoms with Gasteiger partial charge in [0.25, 0.3) is 11.8 Å². The van der Waals surface area contributed by atoms with Crippen LogP contribution < -0.4 is 10.1 Å². The minimum Gasteiger partial charge on any atom is -0.497 e. The lowest BCUT2D eigenvalue weighted by Crippen LogP contribution is -2.29. The van der Waals surface area contributed by atoms with Crippen LogP contribution in [0.25, 0.3) is 22.2 Å². The molecule has 0 spiro atoms. The summed E-state index contributed by atoms with van der Waals surface area (Å²) in [5.41, 5.74) is 4.72. The molecule has 0 radical (unpaired) electrons. The van der Waals surface area contributed by atoms with Crippen LogP contribution in [0.5, 0.6) is 5.75 Å². The van der Waals surface area contributed by atoms with E-state index in [2.05, 4.69) is 5.32 Å².